The molecule has 3 amide bonds. The first kappa shape index (κ1) is 20.6. The zero-order valence-corrected chi connectivity index (χ0v) is 15.2. The van der Waals surface area contributed by atoms with Crippen molar-refractivity contribution < 1.29 is 23.9 Å². The van der Waals surface area contributed by atoms with E-state index in [9.17, 15) is 18.8 Å². The van der Waals surface area contributed by atoms with Gasteiger partial charge in [0.1, 0.15) is 5.82 Å². The zero-order chi connectivity index (χ0) is 19.8. The predicted molar refractivity (Wildman–Crippen MR) is 97.0 cm³/mol. The number of likely N-dealkylation sites (N-methyl/N-ethyl adjacent to an activating group) is 1. The third kappa shape index (κ3) is 6.52. The number of carboxylic acid groups (broad SMARTS) is 1. The summed E-state index contributed by atoms with van der Waals surface area (Å²) in [4.78, 5) is 36.4. The summed E-state index contributed by atoms with van der Waals surface area (Å²) in [6.07, 6.45) is 1.44. The lowest BCUT2D eigenvalue weighted by Gasteiger charge is -2.42. The van der Waals surface area contributed by atoms with E-state index in [1.807, 2.05) is 11.8 Å². The molecular formula is C18H25FN4O4. The number of benzene rings is 1. The molecule has 0 spiro atoms. The van der Waals surface area contributed by atoms with Gasteiger partial charge in [-0.2, -0.15) is 0 Å². The summed E-state index contributed by atoms with van der Waals surface area (Å²) in [6, 6.07) is 5.07. The SMILES string of the molecule is CCN(CC(=O)O)C1CC(NC(=O)NCCNC(=O)c2ccc(F)cc2)C1. The number of urea groups is 1. The number of rotatable bonds is 9. The smallest absolute Gasteiger partial charge is 0.317 e. The van der Waals surface area contributed by atoms with Gasteiger partial charge in [0.25, 0.3) is 5.91 Å². The van der Waals surface area contributed by atoms with E-state index in [4.69, 9.17) is 5.11 Å². The quantitative estimate of drug-likeness (QED) is 0.474. The largest absolute Gasteiger partial charge is 0.480 e. The predicted octanol–water partition coefficient (Wildman–Crippen LogP) is 0.792. The molecule has 1 fully saturated rings. The summed E-state index contributed by atoms with van der Waals surface area (Å²) in [5.74, 6) is -1.60. The summed E-state index contributed by atoms with van der Waals surface area (Å²) < 4.78 is 12.8. The number of halogens is 1. The van der Waals surface area contributed by atoms with Gasteiger partial charge in [0.2, 0.25) is 0 Å². The molecule has 1 aromatic carbocycles. The molecule has 1 aliphatic rings. The molecule has 0 bridgehead atoms. The van der Waals surface area contributed by atoms with Gasteiger partial charge < -0.3 is 21.1 Å². The Morgan fingerprint density at radius 2 is 1.78 bits per heavy atom. The highest BCUT2D eigenvalue weighted by molar-refractivity contribution is 5.94. The van der Waals surface area contributed by atoms with Crippen molar-refractivity contribution in [1.29, 1.82) is 0 Å². The first-order chi connectivity index (χ1) is 12.9. The van der Waals surface area contributed by atoms with Crippen LogP contribution in [0.25, 0.3) is 0 Å². The van der Waals surface area contributed by atoms with E-state index >= 15 is 0 Å². The van der Waals surface area contributed by atoms with Gasteiger partial charge in [-0.1, -0.05) is 6.92 Å². The van der Waals surface area contributed by atoms with Crippen LogP contribution >= 0.6 is 0 Å². The fourth-order valence-corrected chi connectivity index (χ4v) is 2.97. The summed E-state index contributed by atoms with van der Waals surface area (Å²) >= 11 is 0. The minimum absolute atomic E-state index is 0.00777. The Bertz CT molecular complexity index is 662. The summed E-state index contributed by atoms with van der Waals surface area (Å²) in [7, 11) is 0. The molecule has 27 heavy (non-hydrogen) atoms. The van der Waals surface area contributed by atoms with Crippen LogP contribution in [-0.4, -0.2) is 66.2 Å². The van der Waals surface area contributed by atoms with Gasteiger partial charge in [-0.05, 0) is 43.7 Å². The van der Waals surface area contributed by atoms with Crippen molar-refractivity contribution in [1.82, 2.24) is 20.9 Å². The molecule has 1 aliphatic carbocycles. The van der Waals surface area contributed by atoms with Crippen molar-refractivity contribution in [2.45, 2.75) is 31.8 Å². The molecule has 0 atom stereocenters. The Kier molecular flexibility index (Phi) is 7.54. The molecule has 8 nitrogen and oxygen atoms in total. The first-order valence-corrected chi connectivity index (χ1v) is 8.93. The maximum atomic E-state index is 12.8. The minimum atomic E-state index is -0.853. The topological polar surface area (TPSA) is 111 Å². The molecule has 0 aromatic heterocycles. The van der Waals surface area contributed by atoms with Crippen molar-refractivity contribution in [2.75, 3.05) is 26.2 Å². The fourth-order valence-electron chi connectivity index (χ4n) is 2.97. The van der Waals surface area contributed by atoms with Crippen molar-refractivity contribution in [3.05, 3.63) is 35.6 Å². The maximum Gasteiger partial charge on any atom is 0.317 e. The number of carboxylic acids is 1. The second-order valence-corrected chi connectivity index (χ2v) is 6.44. The zero-order valence-electron chi connectivity index (χ0n) is 15.2. The first-order valence-electron chi connectivity index (χ1n) is 8.93. The second kappa shape index (κ2) is 9.86. The van der Waals surface area contributed by atoms with Crippen LogP contribution in [0.3, 0.4) is 0 Å². The van der Waals surface area contributed by atoms with Crippen LogP contribution in [0.5, 0.6) is 0 Å². The van der Waals surface area contributed by atoms with Crippen molar-refractivity contribution in [3.63, 3.8) is 0 Å². The highest BCUT2D eigenvalue weighted by atomic mass is 19.1. The van der Waals surface area contributed by atoms with E-state index in [0.29, 0.717) is 12.1 Å². The number of amides is 3. The monoisotopic (exact) mass is 380 g/mol. The van der Waals surface area contributed by atoms with E-state index in [2.05, 4.69) is 16.0 Å². The maximum absolute atomic E-state index is 12.8. The third-order valence-corrected chi connectivity index (χ3v) is 4.51. The number of carbonyl (C=O) groups excluding carboxylic acids is 2. The van der Waals surface area contributed by atoms with Crippen LogP contribution < -0.4 is 16.0 Å². The lowest BCUT2D eigenvalue weighted by atomic mass is 9.85. The lowest BCUT2D eigenvalue weighted by molar-refractivity contribution is -0.139. The van der Waals surface area contributed by atoms with Crippen molar-refractivity contribution in [3.8, 4) is 0 Å². The summed E-state index contributed by atoms with van der Waals surface area (Å²) in [6.45, 7) is 3.09. The van der Waals surface area contributed by atoms with E-state index in [0.717, 1.165) is 12.8 Å². The Morgan fingerprint density at radius 1 is 1.15 bits per heavy atom. The fraction of sp³-hybridized carbons (Fsp3) is 0.500. The molecule has 1 aromatic rings. The van der Waals surface area contributed by atoms with Crippen LogP contribution in [0.4, 0.5) is 9.18 Å². The van der Waals surface area contributed by atoms with Gasteiger partial charge in [-0.15, -0.1) is 0 Å². The molecule has 9 heteroatoms. The van der Waals surface area contributed by atoms with Gasteiger partial charge in [0.05, 0.1) is 6.54 Å². The molecule has 0 saturated heterocycles. The van der Waals surface area contributed by atoms with E-state index in [1.54, 1.807) is 0 Å². The Morgan fingerprint density at radius 3 is 2.37 bits per heavy atom. The van der Waals surface area contributed by atoms with Gasteiger partial charge in [0.15, 0.2) is 0 Å². The lowest BCUT2D eigenvalue weighted by Crippen LogP contribution is -2.56. The summed E-state index contributed by atoms with van der Waals surface area (Å²) in [5, 5.41) is 17.0. The normalized spacial score (nSPS) is 18.5. The van der Waals surface area contributed by atoms with Gasteiger partial charge in [-0.25, -0.2) is 9.18 Å². The molecular weight excluding hydrogens is 355 g/mol. The van der Waals surface area contributed by atoms with Crippen LogP contribution in [0.1, 0.15) is 30.1 Å². The Hall–Kier alpha value is -2.68. The average Bonchev–Trinajstić information content (AvgIpc) is 2.60. The number of hydrogen-bond donors (Lipinski definition) is 4. The van der Waals surface area contributed by atoms with Crippen molar-refractivity contribution >= 4 is 17.9 Å². The number of nitrogens with one attached hydrogen (secondary N) is 3. The molecule has 0 unspecified atom stereocenters. The van der Waals surface area contributed by atoms with Crippen LogP contribution in [0.2, 0.25) is 0 Å². The molecule has 2 rings (SSSR count). The highest BCUT2D eigenvalue weighted by Crippen LogP contribution is 2.25. The highest BCUT2D eigenvalue weighted by Gasteiger charge is 2.34. The average molecular weight is 380 g/mol. The molecule has 148 valence electrons. The standard InChI is InChI=1S/C18H25FN4O4/c1-2-23(11-16(24)25)15-9-14(10-15)22-18(27)21-8-7-20-17(26)12-3-5-13(19)6-4-12/h3-6,14-15H,2,7-11H2,1H3,(H,20,26)(H,24,25)(H2,21,22,27). The van der Waals surface area contributed by atoms with E-state index in [1.165, 1.54) is 24.3 Å². The van der Waals surface area contributed by atoms with E-state index in [-0.39, 0.29) is 43.7 Å². The van der Waals surface area contributed by atoms with Gasteiger partial charge >= 0.3 is 12.0 Å². The Labute approximate surface area is 157 Å². The molecule has 0 radical (unpaired) electrons. The number of nitrogens with zero attached hydrogens (tertiary/aromatic N) is 1. The molecule has 0 aliphatic heterocycles. The molecule has 4 N–H and O–H groups in total. The van der Waals surface area contributed by atoms with Crippen LogP contribution in [0, 0.1) is 5.82 Å². The second-order valence-electron chi connectivity index (χ2n) is 6.44. The van der Waals surface area contributed by atoms with Gasteiger partial charge in [-0.3, -0.25) is 14.5 Å². The van der Waals surface area contributed by atoms with Crippen LogP contribution in [0.15, 0.2) is 24.3 Å². The van der Waals surface area contributed by atoms with Gasteiger partial charge in [0, 0.05) is 30.7 Å². The van der Waals surface area contributed by atoms with Crippen molar-refractivity contribution in [2.24, 2.45) is 0 Å². The Balaban J connectivity index is 1.58. The number of carbonyl (C=O) groups is 3. The summed E-state index contributed by atoms with van der Waals surface area (Å²) in [5.41, 5.74) is 0.350. The number of hydrogen-bond acceptors (Lipinski definition) is 4. The number of aliphatic carboxylic acids is 1. The third-order valence-electron chi connectivity index (χ3n) is 4.51. The molecule has 1 saturated carbocycles. The minimum Gasteiger partial charge on any atom is -0.480 e. The molecule has 0 heterocycles. The van der Waals surface area contributed by atoms with E-state index < -0.39 is 11.8 Å². The van der Waals surface area contributed by atoms with Crippen LogP contribution in [-0.2, 0) is 4.79 Å².